The maximum atomic E-state index is 14.0. The fraction of sp³-hybridized carbons (Fsp3) is 0.267. The fourth-order valence-corrected chi connectivity index (χ4v) is 2.45. The van der Waals surface area contributed by atoms with Gasteiger partial charge in [-0.25, -0.2) is 13.2 Å². The van der Waals surface area contributed by atoms with Crippen molar-refractivity contribution >= 4 is 15.9 Å². The molecule has 2 nitrogen and oxygen atoms in total. The summed E-state index contributed by atoms with van der Waals surface area (Å²) in [5.74, 6) is -1.69. The second kappa shape index (κ2) is 7.04. The topological polar surface area (TPSA) is 24.9 Å². The fourth-order valence-electron chi connectivity index (χ4n) is 2.08. The Morgan fingerprint density at radius 3 is 2.57 bits per heavy atom. The first kappa shape index (κ1) is 16.0. The molecule has 0 amide bonds. The zero-order valence-electron chi connectivity index (χ0n) is 11.3. The number of halogens is 4. The van der Waals surface area contributed by atoms with Crippen molar-refractivity contribution in [1.82, 2.24) is 10.3 Å². The summed E-state index contributed by atoms with van der Waals surface area (Å²) < 4.78 is 41.0. The quantitative estimate of drug-likeness (QED) is 0.812. The van der Waals surface area contributed by atoms with Crippen LogP contribution in [0, 0.1) is 17.5 Å². The summed E-state index contributed by atoms with van der Waals surface area (Å²) in [6.07, 6.45) is 1.18. The SMILES string of the molecule is CCNC(Cc1c(F)ccc(Br)c1F)c1ccc(F)cn1. The van der Waals surface area contributed by atoms with Gasteiger partial charge in [0.25, 0.3) is 0 Å². The Balaban J connectivity index is 2.32. The number of hydrogen-bond donors (Lipinski definition) is 1. The molecule has 6 heteroatoms. The molecule has 0 fully saturated rings. The first-order valence-electron chi connectivity index (χ1n) is 6.50. The summed E-state index contributed by atoms with van der Waals surface area (Å²) in [6.45, 7) is 2.48. The molecule has 1 N–H and O–H groups in total. The average molecular weight is 359 g/mol. The van der Waals surface area contributed by atoms with Crippen molar-refractivity contribution in [3.05, 3.63) is 63.6 Å². The van der Waals surface area contributed by atoms with Crippen molar-refractivity contribution in [3.8, 4) is 0 Å². The van der Waals surface area contributed by atoms with Gasteiger partial charge in [0.05, 0.1) is 22.4 Å². The third-order valence-corrected chi connectivity index (χ3v) is 3.72. The van der Waals surface area contributed by atoms with Crippen LogP contribution in [0.5, 0.6) is 0 Å². The van der Waals surface area contributed by atoms with E-state index in [0.29, 0.717) is 12.2 Å². The highest BCUT2D eigenvalue weighted by Crippen LogP contribution is 2.26. The summed E-state index contributed by atoms with van der Waals surface area (Å²) in [4.78, 5) is 3.98. The van der Waals surface area contributed by atoms with E-state index in [0.717, 1.165) is 6.20 Å². The molecule has 0 radical (unpaired) electrons. The van der Waals surface area contributed by atoms with Crippen molar-refractivity contribution in [2.45, 2.75) is 19.4 Å². The predicted molar refractivity (Wildman–Crippen MR) is 78.4 cm³/mol. The first-order chi connectivity index (χ1) is 10.0. The molecule has 2 rings (SSSR count). The number of nitrogens with one attached hydrogen (secondary N) is 1. The van der Waals surface area contributed by atoms with Gasteiger partial charge < -0.3 is 5.32 Å². The molecule has 0 spiro atoms. The molecule has 0 bridgehead atoms. The number of benzene rings is 1. The van der Waals surface area contributed by atoms with Crippen molar-refractivity contribution in [2.75, 3.05) is 6.54 Å². The maximum absolute atomic E-state index is 14.0. The summed E-state index contributed by atoms with van der Waals surface area (Å²) in [5.41, 5.74) is 0.512. The van der Waals surface area contributed by atoms with Crippen LogP contribution in [0.2, 0.25) is 0 Å². The van der Waals surface area contributed by atoms with Crippen LogP contribution in [0.1, 0.15) is 24.2 Å². The first-order valence-corrected chi connectivity index (χ1v) is 7.29. The molecule has 1 aromatic heterocycles. The zero-order chi connectivity index (χ0) is 15.4. The lowest BCUT2D eigenvalue weighted by Crippen LogP contribution is -2.24. The molecular weight excluding hydrogens is 345 g/mol. The molecule has 1 aromatic carbocycles. The molecule has 1 unspecified atom stereocenters. The summed E-state index contributed by atoms with van der Waals surface area (Å²) in [7, 11) is 0. The normalized spacial score (nSPS) is 12.4. The smallest absolute Gasteiger partial charge is 0.143 e. The molecule has 1 atom stereocenters. The molecule has 21 heavy (non-hydrogen) atoms. The van der Waals surface area contributed by atoms with Gasteiger partial charge in [-0.3, -0.25) is 4.98 Å². The van der Waals surface area contributed by atoms with Crippen LogP contribution in [0.3, 0.4) is 0 Å². The predicted octanol–water partition coefficient (Wildman–Crippen LogP) is 4.15. The number of likely N-dealkylation sites (N-methyl/N-ethyl adjacent to an activating group) is 1. The van der Waals surface area contributed by atoms with E-state index in [1.165, 1.54) is 24.3 Å². The molecule has 0 saturated heterocycles. The monoisotopic (exact) mass is 358 g/mol. The second-order valence-electron chi connectivity index (χ2n) is 4.54. The van der Waals surface area contributed by atoms with E-state index in [2.05, 4.69) is 26.2 Å². The Bertz CT molecular complexity index is 617. The van der Waals surface area contributed by atoms with E-state index in [9.17, 15) is 13.2 Å². The minimum absolute atomic E-state index is 0.0264. The van der Waals surface area contributed by atoms with Crippen LogP contribution in [0.25, 0.3) is 0 Å². The van der Waals surface area contributed by atoms with E-state index in [1.807, 2.05) is 6.92 Å². The Morgan fingerprint density at radius 1 is 1.19 bits per heavy atom. The highest BCUT2D eigenvalue weighted by Gasteiger charge is 2.19. The van der Waals surface area contributed by atoms with Gasteiger partial charge in [0.15, 0.2) is 0 Å². The maximum Gasteiger partial charge on any atom is 0.143 e. The van der Waals surface area contributed by atoms with Crippen molar-refractivity contribution in [3.63, 3.8) is 0 Å². The van der Waals surface area contributed by atoms with Crippen molar-refractivity contribution < 1.29 is 13.2 Å². The molecule has 0 aliphatic rings. The Morgan fingerprint density at radius 2 is 1.95 bits per heavy atom. The Kier molecular flexibility index (Phi) is 5.36. The van der Waals surface area contributed by atoms with Gasteiger partial charge in [-0.05, 0) is 53.2 Å². The molecular formula is C15H14BrF3N2. The number of aromatic nitrogens is 1. The lowest BCUT2D eigenvalue weighted by molar-refractivity contribution is 0.489. The third kappa shape index (κ3) is 3.83. The minimum Gasteiger partial charge on any atom is -0.309 e. The summed E-state index contributed by atoms with van der Waals surface area (Å²) in [5, 5.41) is 3.11. The van der Waals surface area contributed by atoms with Gasteiger partial charge in [0.1, 0.15) is 17.5 Å². The van der Waals surface area contributed by atoms with Crippen LogP contribution in [-0.4, -0.2) is 11.5 Å². The standard InChI is InChI=1S/C15H14BrF3N2/c1-2-20-14(13-6-3-9(17)8-21-13)7-10-12(18)5-4-11(16)15(10)19/h3-6,8,14,20H,2,7H2,1H3. The van der Waals surface area contributed by atoms with Crippen molar-refractivity contribution in [2.24, 2.45) is 0 Å². The van der Waals surface area contributed by atoms with Crippen LogP contribution in [-0.2, 0) is 6.42 Å². The minimum atomic E-state index is -0.625. The van der Waals surface area contributed by atoms with E-state index >= 15 is 0 Å². The summed E-state index contributed by atoms with van der Waals surface area (Å²) in [6, 6.07) is 4.93. The van der Waals surface area contributed by atoms with Crippen molar-refractivity contribution in [1.29, 1.82) is 0 Å². The van der Waals surface area contributed by atoms with Gasteiger partial charge in [-0.2, -0.15) is 0 Å². The van der Waals surface area contributed by atoms with Gasteiger partial charge in [0.2, 0.25) is 0 Å². The molecule has 0 aliphatic heterocycles. The lowest BCUT2D eigenvalue weighted by Gasteiger charge is -2.18. The molecule has 112 valence electrons. The van der Waals surface area contributed by atoms with E-state index in [4.69, 9.17) is 0 Å². The highest BCUT2D eigenvalue weighted by molar-refractivity contribution is 9.10. The Hall–Kier alpha value is -1.40. The largest absolute Gasteiger partial charge is 0.309 e. The van der Waals surface area contributed by atoms with Gasteiger partial charge in [0, 0.05) is 5.56 Å². The lowest BCUT2D eigenvalue weighted by atomic mass is 10.0. The van der Waals surface area contributed by atoms with Crippen LogP contribution in [0.4, 0.5) is 13.2 Å². The summed E-state index contributed by atoms with van der Waals surface area (Å²) >= 11 is 3.05. The van der Waals surface area contributed by atoms with E-state index in [1.54, 1.807) is 0 Å². The van der Waals surface area contributed by atoms with E-state index in [-0.39, 0.29) is 16.5 Å². The van der Waals surface area contributed by atoms with Crippen LogP contribution in [0.15, 0.2) is 34.9 Å². The molecule has 0 saturated carbocycles. The van der Waals surface area contributed by atoms with Crippen LogP contribution >= 0.6 is 15.9 Å². The molecule has 1 heterocycles. The average Bonchev–Trinajstić information content (AvgIpc) is 2.47. The van der Waals surface area contributed by atoms with E-state index < -0.39 is 23.5 Å². The molecule has 0 aliphatic carbocycles. The van der Waals surface area contributed by atoms with Crippen LogP contribution < -0.4 is 5.32 Å². The third-order valence-electron chi connectivity index (χ3n) is 3.10. The zero-order valence-corrected chi connectivity index (χ0v) is 12.9. The number of pyridine rings is 1. The van der Waals surface area contributed by atoms with Gasteiger partial charge in [-0.1, -0.05) is 6.92 Å². The highest BCUT2D eigenvalue weighted by atomic mass is 79.9. The number of nitrogens with zero attached hydrogens (tertiary/aromatic N) is 1. The van der Waals surface area contributed by atoms with Gasteiger partial charge in [-0.15, -0.1) is 0 Å². The molecule has 2 aromatic rings. The second-order valence-corrected chi connectivity index (χ2v) is 5.39. The number of rotatable bonds is 5. The number of hydrogen-bond acceptors (Lipinski definition) is 2. The Labute approximate surface area is 129 Å². The van der Waals surface area contributed by atoms with Gasteiger partial charge >= 0.3 is 0 Å².